The predicted octanol–water partition coefficient (Wildman–Crippen LogP) is 3.34. The molecule has 4 rings (SSSR count). The first-order valence-corrected chi connectivity index (χ1v) is 10.4. The van der Waals surface area contributed by atoms with Crippen molar-refractivity contribution in [2.75, 3.05) is 30.7 Å². The van der Waals surface area contributed by atoms with Crippen molar-refractivity contribution in [1.82, 2.24) is 0 Å². The molecule has 2 aliphatic heterocycles. The van der Waals surface area contributed by atoms with Gasteiger partial charge < -0.3 is 9.47 Å². The van der Waals surface area contributed by atoms with Crippen LogP contribution in [-0.2, 0) is 20.2 Å². The first-order chi connectivity index (χ1) is 12.6. The van der Waals surface area contributed by atoms with Crippen molar-refractivity contribution in [3.8, 4) is 5.75 Å². The molecule has 2 aromatic carbocycles. The van der Waals surface area contributed by atoms with Gasteiger partial charge in [0, 0.05) is 25.2 Å². The van der Waals surface area contributed by atoms with Gasteiger partial charge in [-0.3, -0.25) is 4.31 Å². The van der Waals surface area contributed by atoms with Gasteiger partial charge in [0.05, 0.1) is 17.2 Å². The standard InChI is InChI=1S/C20H23NO4S/c1-2-25-16-7-9-17(10-8-16)26(22,23)21-15-20(11-13-24-14-12-20)18-5-3-4-6-19(18)21/h3-10H,2,11-15H2,1H3. The van der Waals surface area contributed by atoms with E-state index in [-0.39, 0.29) is 5.41 Å². The molecule has 0 N–H and O–H groups in total. The van der Waals surface area contributed by atoms with Crippen molar-refractivity contribution in [3.05, 3.63) is 54.1 Å². The molecule has 0 aromatic heterocycles. The molecule has 5 nitrogen and oxygen atoms in total. The van der Waals surface area contributed by atoms with Gasteiger partial charge in [0.2, 0.25) is 0 Å². The van der Waals surface area contributed by atoms with E-state index >= 15 is 0 Å². The third kappa shape index (κ3) is 2.77. The fraction of sp³-hybridized carbons (Fsp3) is 0.400. The van der Waals surface area contributed by atoms with E-state index in [1.54, 1.807) is 28.6 Å². The second kappa shape index (κ2) is 6.59. The fourth-order valence-corrected chi connectivity index (χ4v) is 5.56. The van der Waals surface area contributed by atoms with E-state index < -0.39 is 10.0 Å². The van der Waals surface area contributed by atoms with Crippen molar-refractivity contribution in [2.24, 2.45) is 0 Å². The highest BCUT2D eigenvalue weighted by molar-refractivity contribution is 7.92. The Morgan fingerprint density at radius 2 is 1.77 bits per heavy atom. The topological polar surface area (TPSA) is 55.8 Å². The molecular formula is C20H23NO4S. The van der Waals surface area contributed by atoms with Crippen molar-refractivity contribution in [1.29, 1.82) is 0 Å². The molecule has 0 saturated carbocycles. The number of benzene rings is 2. The van der Waals surface area contributed by atoms with Crippen LogP contribution in [0.1, 0.15) is 25.3 Å². The summed E-state index contributed by atoms with van der Waals surface area (Å²) in [5.41, 5.74) is 1.77. The van der Waals surface area contributed by atoms with Gasteiger partial charge in [-0.2, -0.15) is 0 Å². The van der Waals surface area contributed by atoms with Gasteiger partial charge in [0.1, 0.15) is 5.75 Å². The molecule has 0 atom stereocenters. The lowest BCUT2D eigenvalue weighted by Gasteiger charge is -2.34. The highest BCUT2D eigenvalue weighted by Crippen LogP contribution is 2.48. The van der Waals surface area contributed by atoms with Crippen molar-refractivity contribution < 1.29 is 17.9 Å². The molecular weight excluding hydrogens is 350 g/mol. The van der Waals surface area contributed by atoms with Gasteiger partial charge >= 0.3 is 0 Å². The minimum atomic E-state index is -3.62. The summed E-state index contributed by atoms with van der Waals surface area (Å²) in [6, 6.07) is 14.5. The second-order valence-corrected chi connectivity index (χ2v) is 8.69. The van der Waals surface area contributed by atoms with Crippen LogP contribution >= 0.6 is 0 Å². The minimum Gasteiger partial charge on any atom is -0.494 e. The maximum atomic E-state index is 13.3. The summed E-state index contributed by atoms with van der Waals surface area (Å²) in [6.07, 6.45) is 1.69. The molecule has 1 spiro atoms. The molecule has 138 valence electrons. The van der Waals surface area contributed by atoms with Crippen LogP contribution in [0.5, 0.6) is 5.75 Å². The number of nitrogens with zero attached hydrogens (tertiary/aromatic N) is 1. The predicted molar refractivity (Wildman–Crippen MR) is 100 cm³/mol. The van der Waals surface area contributed by atoms with Crippen LogP contribution in [0.25, 0.3) is 0 Å². The molecule has 0 unspecified atom stereocenters. The Kier molecular flexibility index (Phi) is 4.40. The van der Waals surface area contributed by atoms with Gasteiger partial charge in [-0.15, -0.1) is 0 Å². The summed E-state index contributed by atoms with van der Waals surface area (Å²) in [6.45, 7) is 4.27. The SMILES string of the molecule is CCOc1ccc(S(=O)(=O)N2CC3(CCOCC3)c3ccccc32)cc1. The van der Waals surface area contributed by atoms with Crippen LogP contribution in [0, 0.1) is 0 Å². The molecule has 2 aliphatic rings. The molecule has 1 fully saturated rings. The van der Waals surface area contributed by atoms with Crippen LogP contribution in [0.4, 0.5) is 5.69 Å². The van der Waals surface area contributed by atoms with E-state index in [2.05, 4.69) is 6.07 Å². The zero-order chi connectivity index (χ0) is 18.2. The molecule has 26 heavy (non-hydrogen) atoms. The van der Waals surface area contributed by atoms with Gasteiger partial charge in [-0.05, 0) is 55.7 Å². The van der Waals surface area contributed by atoms with Crippen molar-refractivity contribution in [2.45, 2.75) is 30.1 Å². The van der Waals surface area contributed by atoms with Crippen molar-refractivity contribution in [3.63, 3.8) is 0 Å². The number of rotatable bonds is 4. The average Bonchev–Trinajstić information content (AvgIpc) is 2.98. The molecule has 0 amide bonds. The average molecular weight is 373 g/mol. The van der Waals surface area contributed by atoms with Crippen LogP contribution in [0.3, 0.4) is 0 Å². The smallest absolute Gasteiger partial charge is 0.264 e. The zero-order valence-corrected chi connectivity index (χ0v) is 15.7. The third-order valence-corrected chi connectivity index (χ3v) is 7.14. The fourth-order valence-electron chi connectivity index (χ4n) is 3.99. The van der Waals surface area contributed by atoms with Gasteiger partial charge in [0.25, 0.3) is 10.0 Å². The Morgan fingerprint density at radius 1 is 1.08 bits per heavy atom. The molecule has 2 aromatic rings. The lowest BCUT2D eigenvalue weighted by molar-refractivity contribution is 0.0560. The van der Waals surface area contributed by atoms with Crippen LogP contribution < -0.4 is 9.04 Å². The number of fused-ring (bicyclic) bond motifs is 2. The van der Waals surface area contributed by atoms with E-state index in [1.165, 1.54) is 0 Å². The van der Waals surface area contributed by atoms with Crippen LogP contribution in [0.15, 0.2) is 53.4 Å². The summed E-state index contributed by atoms with van der Waals surface area (Å²) in [7, 11) is -3.62. The van der Waals surface area contributed by atoms with Gasteiger partial charge in [-0.25, -0.2) is 8.42 Å². The zero-order valence-electron chi connectivity index (χ0n) is 14.8. The van der Waals surface area contributed by atoms with E-state index in [4.69, 9.17) is 9.47 Å². The normalized spacial score (nSPS) is 18.7. The lowest BCUT2D eigenvalue weighted by Crippen LogP contribution is -2.40. The van der Waals surface area contributed by atoms with Gasteiger partial charge in [-0.1, -0.05) is 18.2 Å². The number of hydrogen-bond acceptors (Lipinski definition) is 4. The number of para-hydroxylation sites is 1. The number of anilines is 1. The van der Waals surface area contributed by atoms with Crippen LogP contribution in [0.2, 0.25) is 0 Å². The Hall–Kier alpha value is -2.05. The van der Waals surface area contributed by atoms with E-state index in [0.717, 1.165) is 24.1 Å². The minimum absolute atomic E-state index is 0.146. The quantitative estimate of drug-likeness (QED) is 0.825. The Bertz CT molecular complexity index is 886. The Labute approximate surface area is 154 Å². The van der Waals surface area contributed by atoms with E-state index in [1.807, 2.05) is 25.1 Å². The molecule has 1 saturated heterocycles. The maximum absolute atomic E-state index is 13.3. The molecule has 0 aliphatic carbocycles. The number of sulfonamides is 1. The first kappa shape index (κ1) is 17.4. The van der Waals surface area contributed by atoms with Crippen molar-refractivity contribution >= 4 is 15.7 Å². The Morgan fingerprint density at radius 3 is 2.46 bits per heavy atom. The number of ether oxygens (including phenoxy) is 2. The monoisotopic (exact) mass is 373 g/mol. The Balaban J connectivity index is 1.73. The lowest BCUT2D eigenvalue weighted by atomic mass is 9.76. The summed E-state index contributed by atoms with van der Waals surface area (Å²) in [5.74, 6) is 0.675. The first-order valence-electron chi connectivity index (χ1n) is 9.00. The largest absolute Gasteiger partial charge is 0.494 e. The van der Waals surface area contributed by atoms with E-state index in [9.17, 15) is 8.42 Å². The molecule has 2 heterocycles. The molecule has 0 radical (unpaired) electrons. The second-order valence-electron chi connectivity index (χ2n) is 6.83. The maximum Gasteiger partial charge on any atom is 0.264 e. The summed E-state index contributed by atoms with van der Waals surface area (Å²) in [5, 5.41) is 0. The molecule has 6 heteroatoms. The summed E-state index contributed by atoms with van der Waals surface area (Å²) < 4.78 is 39.2. The highest BCUT2D eigenvalue weighted by Gasteiger charge is 2.47. The van der Waals surface area contributed by atoms with Crippen LogP contribution in [-0.4, -0.2) is 34.8 Å². The van der Waals surface area contributed by atoms with Gasteiger partial charge in [0.15, 0.2) is 0 Å². The summed E-state index contributed by atoms with van der Waals surface area (Å²) in [4.78, 5) is 0.292. The summed E-state index contributed by atoms with van der Waals surface area (Å²) >= 11 is 0. The third-order valence-electron chi connectivity index (χ3n) is 5.36. The number of hydrogen-bond donors (Lipinski definition) is 0. The highest BCUT2D eigenvalue weighted by atomic mass is 32.2. The van der Waals surface area contributed by atoms with E-state index in [0.29, 0.717) is 37.0 Å². The molecule has 0 bridgehead atoms.